The first-order valence-electron chi connectivity index (χ1n) is 4.81. The van der Waals surface area contributed by atoms with Crippen LogP contribution in [-0.4, -0.2) is 25.3 Å². The van der Waals surface area contributed by atoms with Crippen LogP contribution in [0, 0.1) is 5.41 Å². The SMILES string of the molecule is N=c1c[n+](N2C3CCC2COC3)[n-]o1. The summed E-state index contributed by atoms with van der Waals surface area (Å²) >= 11 is 0. The Morgan fingerprint density at radius 2 is 2.14 bits per heavy atom. The first kappa shape index (κ1) is 8.05. The molecule has 3 rings (SSSR count). The maximum absolute atomic E-state index is 7.28. The summed E-state index contributed by atoms with van der Waals surface area (Å²) in [5.74, 6) is 0. The van der Waals surface area contributed by atoms with Gasteiger partial charge in [0.2, 0.25) is 0 Å². The highest BCUT2D eigenvalue weighted by molar-refractivity contribution is 5.01. The van der Waals surface area contributed by atoms with Crippen LogP contribution in [0.3, 0.4) is 0 Å². The molecular formula is C8H12N4O2. The van der Waals surface area contributed by atoms with E-state index in [0.717, 1.165) is 26.1 Å². The Balaban J connectivity index is 1.95. The minimum atomic E-state index is 0.0934. The van der Waals surface area contributed by atoms with E-state index in [1.54, 1.807) is 11.0 Å². The number of fused-ring (bicyclic) bond motifs is 2. The van der Waals surface area contributed by atoms with E-state index in [1.807, 2.05) is 0 Å². The Morgan fingerprint density at radius 3 is 2.71 bits per heavy atom. The van der Waals surface area contributed by atoms with Crippen LogP contribution in [0.15, 0.2) is 10.7 Å². The van der Waals surface area contributed by atoms with E-state index in [4.69, 9.17) is 14.7 Å². The molecule has 2 aliphatic rings. The van der Waals surface area contributed by atoms with Gasteiger partial charge in [-0.3, -0.25) is 10.4 Å². The number of ether oxygens (including phenoxy) is 1. The molecule has 2 aliphatic heterocycles. The number of morpholine rings is 1. The predicted molar refractivity (Wildman–Crippen MR) is 43.9 cm³/mol. The quantitative estimate of drug-likeness (QED) is 0.555. The fourth-order valence-corrected chi connectivity index (χ4v) is 2.29. The number of nitrogens with one attached hydrogen (secondary N) is 1. The van der Waals surface area contributed by atoms with E-state index in [-0.39, 0.29) is 5.55 Å². The summed E-state index contributed by atoms with van der Waals surface area (Å²) in [5.41, 5.74) is 0.0934. The van der Waals surface area contributed by atoms with Gasteiger partial charge >= 0.3 is 0 Å². The van der Waals surface area contributed by atoms with Gasteiger partial charge in [0, 0.05) is 12.1 Å². The minimum absolute atomic E-state index is 0.0934. The van der Waals surface area contributed by atoms with Crippen molar-refractivity contribution in [3.8, 4) is 0 Å². The summed E-state index contributed by atoms with van der Waals surface area (Å²) in [6, 6.07) is 0.784. The molecule has 0 aromatic carbocycles. The van der Waals surface area contributed by atoms with Crippen molar-refractivity contribution in [1.29, 1.82) is 5.41 Å². The van der Waals surface area contributed by atoms with Crippen molar-refractivity contribution in [3.05, 3.63) is 11.8 Å². The van der Waals surface area contributed by atoms with Crippen molar-refractivity contribution in [2.24, 2.45) is 0 Å². The second kappa shape index (κ2) is 2.84. The second-order valence-corrected chi connectivity index (χ2v) is 3.79. The third kappa shape index (κ3) is 1.07. The van der Waals surface area contributed by atoms with Gasteiger partial charge in [-0.05, 0) is 18.1 Å². The van der Waals surface area contributed by atoms with Gasteiger partial charge in [0.1, 0.15) is 0 Å². The normalized spacial score (nSPS) is 31.0. The highest BCUT2D eigenvalue weighted by Crippen LogP contribution is 2.23. The van der Waals surface area contributed by atoms with Gasteiger partial charge in [-0.2, -0.15) is 0 Å². The first-order chi connectivity index (χ1) is 6.84. The van der Waals surface area contributed by atoms with Gasteiger partial charge in [0.15, 0.2) is 0 Å². The maximum Gasteiger partial charge on any atom is 0.286 e. The summed E-state index contributed by atoms with van der Waals surface area (Å²) in [7, 11) is 0. The lowest BCUT2D eigenvalue weighted by molar-refractivity contribution is -0.770. The van der Waals surface area contributed by atoms with E-state index in [0.29, 0.717) is 12.1 Å². The molecule has 1 aromatic heterocycles. The number of hydrogen-bond donors (Lipinski definition) is 1. The van der Waals surface area contributed by atoms with Gasteiger partial charge in [0.25, 0.3) is 11.8 Å². The minimum Gasteiger partial charge on any atom is -0.381 e. The van der Waals surface area contributed by atoms with E-state index >= 15 is 0 Å². The Kier molecular flexibility index (Phi) is 1.63. The standard InChI is InChI=1S/C8H12N4O2/c9-8-3-11(10-14-8)12-6-1-2-7(12)5-13-4-6/h3,6-7,9H,1-2,4-5H2. The zero-order chi connectivity index (χ0) is 9.54. The molecule has 2 saturated heterocycles. The number of nitrogens with zero attached hydrogens (tertiary/aromatic N) is 3. The average Bonchev–Trinajstić information content (AvgIpc) is 2.68. The third-order valence-electron chi connectivity index (χ3n) is 2.89. The van der Waals surface area contributed by atoms with Crippen molar-refractivity contribution >= 4 is 0 Å². The second-order valence-electron chi connectivity index (χ2n) is 3.79. The molecule has 1 N–H and O–H groups in total. The number of hydrogen-bond acceptors (Lipinski definition) is 4. The largest absolute Gasteiger partial charge is 0.381 e. The van der Waals surface area contributed by atoms with Gasteiger partial charge in [-0.15, -0.1) is 0 Å². The molecule has 0 aliphatic carbocycles. The van der Waals surface area contributed by atoms with E-state index in [9.17, 15) is 0 Å². The van der Waals surface area contributed by atoms with Crippen LogP contribution >= 0.6 is 0 Å². The highest BCUT2D eigenvalue weighted by Gasteiger charge is 2.37. The lowest BCUT2D eigenvalue weighted by Gasteiger charge is -2.34. The zero-order valence-corrected chi connectivity index (χ0v) is 7.72. The zero-order valence-electron chi connectivity index (χ0n) is 7.72. The highest BCUT2D eigenvalue weighted by atomic mass is 16.5. The lowest BCUT2D eigenvalue weighted by Crippen LogP contribution is -2.69. The van der Waals surface area contributed by atoms with Crippen molar-refractivity contribution in [1.82, 2.24) is 5.27 Å². The summed E-state index contributed by atoms with van der Waals surface area (Å²) in [5, 5.41) is 13.2. The summed E-state index contributed by atoms with van der Waals surface area (Å²) in [4.78, 5) is 1.65. The van der Waals surface area contributed by atoms with E-state index in [2.05, 4.69) is 10.3 Å². The molecule has 1 aromatic rings. The molecule has 2 unspecified atom stereocenters. The molecule has 3 heterocycles. The van der Waals surface area contributed by atoms with Gasteiger partial charge < -0.3 is 9.26 Å². The molecule has 6 heteroatoms. The number of aromatic nitrogens is 2. The Labute approximate surface area is 80.5 Å². The van der Waals surface area contributed by atoms with Crippen LogP contribution in [0.1, 0.15) is 12.8 Å². The Bertz CT molecular complexity index is 369. The molecule has 2 atom stereocenters. The third-order valence-corrected chi connectivity index (χ3v) is 2.89. The average molecular weight is 196 g/mol. The fourth-order valence-electron chi connectivity index (χ4n) is 2.29. The monoisotopic (exact) mass is 196 g/mol. The van der Waals surface area contributed by atoms with Gasteiger partial charge in [-0.25, -0.2) is 0 Å². The van der Waals surface area contributed by atoms with Crippen LogP contribution in [-0.2, 0) is 4.74 Å². The molecule has 2 bridgehead atoms. The number of rotatable bonds is 1. The Morgan fingerprint density at radius 1 is 1.43 bits per heavy atom. The van der Waals surface area contributed by atoms with E-state index < -0.39 is 0 Å². The molecule has 0 saturated carbocycles. The van der Waals surface area contributed by atoms with Crippen molar-refractivity contribution in [2.75, 3.05) is 18.2 Å². The Hall–Kier alpha value is -1.30. The lowest BCUT2D eigenvalue weighted by atomic mass is 10.2. The molecule has 0 spiro atoms. The van der Waals surface area contributed by atoms with Crippen molar-refractivity contribution in [3.63, 3.8) is 0 Å². The van der Waals surface area contributed by atoms with Crippen LogP contribution in [0.4, 0.5) is 0 Å². The topological polar surface area (TPSA) is 67.4 Å². The van der Waals surface area contributed by atoms with Gasteiger partial charge in [0.05, 0.1) is 13.2 Å². The fraction of sp³-hybridized carbons (Fsp3) is 0.750. The van der Waals surface area contributed by atoms with Crippen molar-refractivity contribution < 1.29 is 14.1 Å². The predicted octanol–water partition coefficient (Wildman–Crippen LogP) is -1.50. The maximum atomic E-state index is 7.28. The van der Waals surface area contributed by atoms with Crippen LogP contribution < -0.4 is 20.6 Å². The van der Waals surface area contributed by atoms with Crippen LogP contribution in [0.25, 0.3) is 0 Å². The summed E-state index contributed by atoms with van der Waals surface area (Å²) in [6.45, 7) is 1.51. The summed E-state index contributed by atoms with van der Waals surface area (Å²) < 4.78 is 10.2. The van der Waals surface area contributed by atoms with Gasteiger partial charge in [-0.1, -0.05) is 4.79 Å². The molecule has 2 fully saturated rings. The first-order valence-corrected chi connectivity index (χ1v) is 4.81. The van der Waals surface area contributed by atoms with Crippen LogP contribution in [0.2, 0.25) is 0 Å². The molecule has 0 radical (unpaired) electrons. The molecular weight excluding hydrogens is 184 g/mol. The van der Waals surface area contributed by atoms with Crippen LogP contribution in [0.5, 0.6) is 0 Å². The summed E-state index contributed by atoms with van der Waals surface area (Å²) in [6.07, 6.45) is 3.87. The smallest absolute Gasteiger partial charge is 0.286 e. The molecule has 76 valence electrons. The molecule has 6 nitrogen and oxygen atoms in total. The van der Waals surface area contributed by atoms with E-state index in [1.165, 1.54) is 0 Å². The molecule has 14 heavy (non-hydrogen) atoms. The van der Waals surface area contributed by atoms with Crippen molar-refractivity contribution in [2.45, 2.75) is 24.9 Å². The molecule has 0 amide bonds.